The Morgan fingerprint density at radius 2 is 1.75 bits per heavy atom. The van der Waals surface area contributed by atoms with Crippen molar-refractivity contribution in [2.75, 3.05) is 6.54 Å². The average Bonchev–Trinajstić information content (AvgIpc) is 2.42. The lowest BCUT2D eigenvalue weighted by atomic mass is 9.83. The minimum Gasteiger partial charge on any atom is -0.480 e. The first-order valence-corrected chi connectivity index (χ1v) is 6.71. The highest BCUT2D eigenvalue weighted by molar-refractivity contribution is 5.78. The molecule has 0 aromatic heterocycles. The van der Waals surface area contributed by atoms with Crippen LogP contribution in [0.5, 0.6) is 0 Å². The molecular formula is C13H23NO2. The monoisotopic (exact) mass is 225 g/mol. The molecule has 0 spiro atoms. The minimum atomic E-state index is -0.631. The Balaban J connectivity index is 1.92. The molecule has 0 atom stereocenters. The molecule has 2 saturated carbocycles. The van der Waals surface area contributed by atoms with Crippen LogP contribution in [-0.2, 0) is 4.79 Å². The molecule has 0 saturated heterocycles. The van der Waals surface area contributed by atoms with Crippen LogP contribution in [0.25, 0.3) is 0 Å². The second kappa shape index (κ2) is 5.17. The molecule has 3 heteroatoms. The highest BCUT2D eigenvalue weighted by Crippen LogP contribution is 2.30. The van der Waals surface area contributed by atoms with E-state index < -0.39 is 11.5 Å². The zero-order chi connectivity index (χ0) is 11.4. The Kier molecular flexibility index (Phi) is 3.85. The topological polar surface area (TPSA) is 49.3 Å². The Bertz CT molecular complexity index is 240. The predicted octanol–water partition coefficient (Wildman–Crippen LogP) is 2.55. The van der Waals surface area contributed by atoms with Gasteiger partial charge in [0.05, 0.1) is 0 Å². The molecule has 16 heavy (non-hydrogen) atoms. The van der Waals surface area contributed by atoms with E-state index in [1.807, 2.05) is 0 Å². The van der Waals surface area contributed by atoms with Crippen molar-refractivity contribution in [3.05, 3.63) is 0 Å². The lowest BCUT2D eigenvalue weighted by Gasteiger charge is -2.34. The fraction of sp³-hybridized carbons (Fsp3) is 0.923. The molecule has 0 aromatic rings. The Labute approximate surface area is 97.6 Å². The third-order valence-corrected chi connectivity index (χ3v) is 4.32. The summed E-state index contributed by atoms with van der Waals surface area (Å²) in [6, 6.07) is 0. The molecular weight excluding hydrogens is 202 g/mol. The van der Waals surface area contributed by atoms with Crippen molar-refractivity contribution >= 4 is 5.97 Å². The first kappa shape index (κ1) is 11.9. The number of hydrogen-bond acceptors (Lipinski definition) is 2. The summed E-state index contributed by atoms with van der Waals surface area (Å²) in [6.07, 6.45) is 10.0. The summed E-state index contributed by atoms with van der Waals surface area (Å²) in [7, 11) is 0. The van der Waals surface area contributed by atoms with Crippen molar-refractivity contribution in [1.29, 1.82) is 0 Å². The molecule has 0 unspecified atom stereocenters. The van der Waals surface area contributed by atoms with Gasteiger partial charge < -0.3 is 10.4 Å². The SMILES string of the molecule is O=C(O)C1(NCC2CCC2)CCCCCC1. The summed E-state index contributed by atoms with van der Waals surface area (Å²) in [6.45, 7) is 0.909. The Hall–Kier alpha value is -0.570. The van der Waals surface area contributed by atoms with Gasteiger partial charge in [-0.1, -0.05) is 32.1 Å². The van der Waals surface area contributed by atoms with Gasteiger partial charge in [0.25, 0.3) is 0 Å². The van der Waals surface area contributed by atoms with E-state index in [9.17, 15) is 9.90 Å². The summed E-state index contributed by atoms with van der Waals surface area (Å²) < 4.78 is 0. The number of rotatable bonds is 4. The van der Waals surface area contributed by atoms with E-state index in [-0.39, 0.29) is 0 Å². The third kappa shape index (κ3) is 2.57. The Morgan fingerprint density at radius 1 is 1.12 bits per heavy atom. The van der Waals surface area contributed by atoms with E-state index >= 15 is 0 Å². The van der Waals surface area contributed by atoms with Crippen LogP contribution in [0, 0.1) is 5.92 Å². The maximum atomic E-state index is 11.5. The van der Waals surface area contributed by atoms with Crippen molar-refractivity contribution in [1.82, 2.24) is 5.32 Å². The summed E-state index contributed by atoms with van der Waals surface area (Å²) in [5.74, 6) is 0.105. The molecule has 0 bridgehead atoms. The van der Waals surface area contributed by atoms with Crippen molar-refractivity contribution in [2.45, 2.75) is 63.3 Å². The molecule has 92 valence electrons. The lowest BCUT2D eigenvalue weighted by molar-refractivity contribution is -0.145. The predicted molar refractivity (Wildman–Crippen MR) is 63.4 cm³/mol. The highest BCUT2D eigenvalue weighted by Gasteiger charge is 2.38. The van der Waals surface area contributed by atoms with Crippen LogP contribution in [0.4, 0.5) is 0 Å². The number of carboxylic acids is 1. The molecule has 2 fully saturated rings. The first-order valence-electron chi connectivity index (χ1n) is 6.71. The minimum absolute atomic E-state index is 0.605. The molecule has 2 aliphatic rings. The number of nitrogens with one attached hydrogen (secondary N) is 1. The van der Waals surface area contributed by atoms with E-state index in [0.717, 1.165) is 38.1 Å². The van der Waals surface area contributed by atoms with E-state index in [2.05, 4.69) is 5.32 Å². The van der Waals surface area contributed by atoms with Crippen molar-refractivity contribution in [3.8, 4) is 0 Å². The highest BCUT2D eigenvalue weighted by atomic mass is 16.4. The molecule has 2 aliphatic carbocycles. The zero-order valence-electron chi connectivity index (χ0n) is 10.0. The molecule has 2 rings (SSSR count). The second-order valence-corrected chi connectivity index (χ2v) is 5.48. The van der Waals surface area contributed by atoms with Gasteiger partial charge in [-0.2, -0.15) is 0 Å². The van der Waals surface area contributed by atoms with Gasteiger partial charge in [0, 0.05) is 0 Å². The summed E-state index contributed by atoms with van der Waals surface area (Å²) in [5, 5.41) is 12.8. The van der Waals surface area contributed by atoms with Gasteiger partial charge >= 0.3 is 5.97 Å². The van der Waals surface area contributed by atoms with Gasteiger partial charge in [0.1, 0.15) is 5.54 Å². The zero-order valence-corrected chi connectivity index (χ0v) is 10.0. The van der Waals surface area contributed by atoms with Crippen molar-refractivity contribution in [2.24, 2.45) is 5.92 Å². The summed E-state index contributed by atoms with van der Waals surface area (Å²) >= 11 is 0. The normalized spacial score (nSPS) is 25.8. The summed E-state index contributed by atoms with van der Waals surface area (Å²) in [4.78, 5) is 11.5. The number of aliphatic carboxylic acids is 1. The maximum Gasteiger partial charge on any atom is 0.323 e. The standard InChI is InChI=1S/C13H23NO2/c15-12(16)13(8-3-1-2-4-9-13)14-10-11-6-5-7-11/h11,14H,1-10H2,(H,15,16). The van der Waals surface area contributed by atoms with Crippen LogP contribution in [0.2, 0.25) is 0 Å². The van der Waals surface area contributed by atoms with Crippen molar-refractivity contribution in [3.63, 3.8) is 0 Å². The van der Waals surface area contributed by atoms with Crippen molar-refractivity contribution < 1.29 is 9.90 Å². The molecule has 0 radical (unpaired) electrons. The quantitative estimate of drug-likeness (QED) is 0.723. The smallest absolute Gasteiger partial charge is 0.323 e. The molecule has 0 aliphatic heterocycles. The fourth-order valence-corrected chi connectivity index (χ4v) is 2.83. The van der Waals surface area contributed by atoms with Crippen LogP contribution >= 0.6 is 0 Å². The van der Waals surface area contributed by atoms with Gasteiger partial charge in [-0.05, 0) is 38.1 Å². The maximum absolute atomic E-state index is 11.5. The van der Waals surface area contributed by atoms with E-state index in [1.54, 1.807) is 0 Å². The lowest BCUT2D eigenvalue weighted by Crippen LogP contribution is -2.53. The number of carbonyl (C=O) groups is 1. The van der Waals surface area contributed by atoms with Crippen LogP contribution < -0.4 is 5.32 Å². The van der Waals surface area contributed by atoms with Gasteiger partial charge in [0.2, 0.25) is 0 Å². The van der Waals surface area contributed by atoms with E-state index in [4.69, 9.17) is 0 Å². The van der Waals surface area contributed by atoms with Crippen LogP contribution in [0.1, 0.15) is 57.8 Å². The van der Waals surface area contributed by atoms with Gasteiger partial charge in [0.15, 0.2) is 0 Å². The van der Waals surface area contributed by atoms with Gasteiger partial charge in [-0.3, -0.25) is 4.79 Å². The molecule has 0 aromatic carbocycles. The van der Waals surface area contributed by atoms with Crippen LogP contribution in [0.15, 0.2) is 0 Å². The van der Waals surface area contributed by atoms with Gasteiger partial charge in [-0.15, -0.1) is 0 Å². The number of hydrogen-bond donors (Lipinski definition) is 2. The molecule has 3 nitrogen and oxygen atoms in total. The fourth-order valence-electron chi connectivity index (χ4n) is 2.83. The molecule has 0 heterocycles. The van der Waals surface area contributed by atoms with Crippen LogP contribution in [-0.4, -0.2) is 23.2 Å². The second-order valence-electron chi connectivity index (χ2n) is 5.48. The summed E-state index contributed by atoms with van der Waals surface area (Å²) in [5.41, 5.74) is -0.605. The Morgan fingerprint density at radius 3 is 2.19 bits per heavy atom. The number of carboxylic acid groups (broad SMARTS) is 1. The average molecular weight is 225 g/mol. The molecule has 0 amide bonds. The van der Waals surface area contributed by atoms with Crippen LogP contribution in [0.3, 0.4) is 0 Å². The van der Waals surface area contributed by atoms with E-state index in [0.29, 0.717) is 0 Å². The van der Waals surface area contributed by atoms with E-state index in [1.165, 1.54) is 32.1 Å². The molecule has 2 N–H and O–H groups in total. The first-order chi connectivity index (χ1) is 7.73. The largest absolute Gasteiger partial charge is 0.480 e. The third-order valence-electron chi connectivity index (χ3n) is 4.32. The van der Waals surface area contributed by atoms with Gasteiger partial charge in [-0.25, -0.2) is 0 Å².